The van der Waals surface area contributed by atoms with Gasteiger partial charge in [0.15, 0.2) is 5.70 Å². The Bertz CT molecular complexity index is 960. The van der Waals surface area contributed by atoms with E-state index in [0.29, 0.717) is 11.3 Å². The summed E-state index contributed by atoms with van der Waals surface area (Å²) in [6, 6.07) is 13.3. The van der Waals surface area contributed by atoms with Crippen molar-refractivity contribution in [2.75, 3.05) is 7.11 Å². The lowest BCUT2D eigenvalue weighted by molar-refractivity contribution is -0.384. The lowest BCUT2D eigenvalue weighted by atomic mass is 10.1. The third-order valence-electron chi connectivity index (χ3n) is 3.57. The number of cyclic esters (lactones) is 1. The van der Waals surface area contributed by atoms with Crippen molar-refractivity contribution in [2.24, 2.45) is 4.99 Å². The first kappa shape index (κ1) is 17.1. The molecule has 7 nitrogen and oxygen atoms in total. The molecule has 0 amide bonds. The number of para-hydroxylation sites is 1. The molecule has 130 valence electrons. The molecular formula is C19H14N2O5. The number of benzene rings is 2. The number of aliphatic imine (C=N–C) groups is 1. The molecule has 0 radical (unpaired) electrons. The van der Waals surface area contributed by atoms with Gasteiger partial charge in [0, 0.05) is 23.8 Å². The summed E-state index contributed by atoms with van der Waals surface area (Å²) in [5.41, 5.74) is 1.31. The topological polar surface area (TPSA) is 91.0 Å². The second kappa shape index (κ2) is 7.43. The van der Waals surface area contributed by atoms with Gasteiger partial charge in [-0.3, -0.25) is 10.1 Å². The zero-order valence-electron chi connectivity index (χ0n) is 13.8. The number of carbonyl (C=O) groups excluding carboxylic acids is 1. The third kappa shape index (κ3) is 3.84. The normalized spacial score (nSPS) is 15.2. The van der Waals surface area contributed by atoms with Crippen LogP contribution < -0.4 is 4.74 Å². The standard InChI is InChI=1S/C19H14N2O5/c1-25-17-8-3-2-6-14(17)9-10-18-20-16(19(22)26-18)12-13-5-4-7-15(11-13)21(23)24/h2-12H,1H3. The Balaban J connectivity index is 1.84. The van der Waals surface area contributed by atoms with Crippen molar-refractivity contribution in [1.82, 2.24) is 0 Å². The number of ether oxygens (including phenoxy) is 2. The van der Waals surface area contributed by atoms with E-state index in [1.807, 2.05) is 24.3 Å². The maximum absolute atomic E-state index is 11.9. The van der Waals surface area contributed by atoms with Crippen molar-refractivity contribution in [2.45, 2.75) is 0 Å². The number of hydrogen-bond donors (Lipinski definition) is 0. The molecule has 1 heterocycles. The van der Waals surface area contributed by atoms with Crippen LogP contribution in [0.4, 0.5) is 5.69 Å². The second-order valence-corrected chi connectivity index (χ2v) is 5.30. The number of methoxy groups -OCH3 is 1. The first-order valence-electron chi connectivity index (χ1n) is 7.65. The van der Waals surface area contributed by atoms with Crippen LogP contribution in [0, 0.1) is 10.1 Å². The van der Waals surface area contributed by atoms with Gasteiger partial charge in [0.05, 0.1) is 12.0 Å². The van der Waals surface area contributed by atoms with Gasteiger partial charge in [-0.15, -0.1) is 0 Å². The predicted octanol–water partition coefficient (Wildman–Crippen LogP) is 3.61. The zero-order valence-corrected chi connectivity index (χ0v) is 13.8. The number of esters is 1. The smallest absolute Gasteiger partial charge is 0.363 e. The summed E-state index contributed by atoms with van der Waals surface area (Å²) in [6.45, 7) is 0. The minimum absolute atomic E-state index is 0.0639. The summed E-state index contributed by atoms with van der Waals surface area (Å²) in [5, 5.41) is 10.8. The number of carbonyl (C=O) groups is 1. The summed E-state index contributed by atoms with van der Waals surface area (Å²) in [4.78, 5) is 26.4. The molecule has 0 atom stereocenters. The number of non-ortho nitro benzene ring substituents is 1. The number of nitro benzene ring substituents is 1. The van der Waals surface area contributed by atoms with Crippen LogP contribution >= 0.6 is 0 Å². The van der Waals surface area contributed by atoms with Gasteiger partial charge in [0.25, 0.3) is 5.69 Å². The van der Waals surface area contributed by atoms with Gasteiger partial charge in [-0.05, 0) is 23.8 Å². The highest BCUT2D eigenvalue weighted by Crippen LogP contribution is 2.21. The van der Waals surface area contributed by atoms with E-state index in [1.54, 1.807) is 25.3 Å². The molecule has 0 aliphatic carbocycles. The molecule has 26 heavy (non-hydrogen) atoms. The lowest BCUT2D eigenvalue weighted by Crippen LogP contribution is -2.01. The summed E-state index contributed by atoms with van der Waals surface area (Å²) in [6.07, 6.45) is 4.73. The highest BCUT2D eigenvalue weighted by Gasteiger charge is 2.21. The minimum Gasteiger partial charge on any atom is -0.496 e. The second-order valence-electron chi connectivity index (χ2n) is 5.30. The average molecular weight is 350 g/mol. The summed E-state index contributed by atoms with van der Waals surface area (Å²) in [7, 11) is 1.57. The van der Waals surface area contributed by atoms with Crippen LogP contribution in [-0.2, 0) is 9.53 Å². The van der Waals surface area contributed by atoms with Crippen molar-refractivity contribution >= 4 is 29.7 Å². The highest BCUT2D eigenvalue weighted by molar-refractivity contribution is 6.11. The van der Waals surface area contributed by atoms with Gasteiger partial charge in [-0.25, -0.2) is 9.79 Å². The van der Waals surface area contributed by atoms with E-state index >= 15 is 0 Å². The molecule has 2 aromatic carbocycles. The van der Waals surface area contributed by atoms with Crippen LogP contribution in [0.15, 0.2) is 65.3 Å². The van der Waals surface area contributed by atoms with Crippen molar-refractivity contribution in [1.29, 1.82) is 0 Å². The molecule has 0 unspecified atom stereocenters. The van der Waals surface area contributed by atoms with Gasteiger partial charge in [-0.1, -0.05) is 30.3 Å². The van der Waals surface area contributed by atoms with Crippen molar-refractivity contribution in [3.8, 4) is 5.75 Å². The fourth-order valence-corrected chi connectivity index (χ4v) is 2.35. The molecule has 1 aliphatic rings. The third-order valence-corrected chi connectivity index (χ3v) is 3.57. The van der Waals surface area contributed by atoms with Gasteiger partial charge in [0.2, 0.25) is 5.90 Å². The monoisotopic (exact) mass is 350 g/mol. The molecule has 2 aromatic rings. The molecule has 0 aromatic heterocycles. The Labute approximate surface area is 149 Å². The first-order chi connectivity index (χ1) is 12.6. The van der Waals surface area contributed by atoms with Crippen LogP contribution in [0.3, 0.4) is 0 Å². The molecule has 3 rings (SSSR count). The lowest BCUT2D eigenvalue weighted by Gasteiger charge is -2.02. The van der Waals surface area contributed by atoms with E-state index in [0.717, 1.165) is 5.56 Å². The Morgan fingerprint density at radius 1 is 1.15 bits per heavy atom. The molecule has 7 heteroatoms. The summed E-state index contributed by atoms with van der Waals surface area (Å²) < 4.78 is 10.3. The summed E-state index contributed by atoms with van der Waals surface area (Å²) >= 11 is 0. The number of hydrogen-bond acceptors (Lipinski definition) is 6. The number of nitro groups is 1. The molecule has 0 saturated heterocycles. The summed E-state index contributed by atoms with van der Waals surface area (Å²) in [5.74, 6) is 0.204. The van der Waals surface area contributed by atoms with E-state index in [4.69, 9.17) is 9.47 Å². The van der Waals surface area contributed by atoms with Crippen LogP contribution in [0.25, 0.3) is 12.2 Å². The zero-order chi connectivity index (χ0) is 18.5. The molecule has 0 spiro atoms. The van der Waals surface area contributed by atoms with E-state index in [2.05, 4.69) is 4.99 Å². The van der Waals surface area contributed by atoms with Crippen LogP contribution in [0.5, 0.6) is 5.75 Å². The quantitative estimate of drug-likeness (QED) is 0.355. The molecular weight excluding hydrogens is 336 g/mol. The van der Waals surface area contributed by atoms with Crippen LogP contribution in [0.2, 0.25) is 0 Å². The average Bonchev–Trinajstić information content (AvgIpc) is 3.00. The SMILES string of the molecule is COc1ccccc1C=CC1=NC(=Cc2cccc([N+](=O)[O-])c2)C(=O)O1. The van der Waals surface area contributed by atoms with Gasteiger partial charge >= 0.3 is 5.97 Å². The number of rotatable bonds is 5. The molecule has 0 N–H and O–H groups in total. The molecule has 0 fully saturated rings. The van der Waals surface area contributed by atoms with Gasteiger partial charge < -0.3 is 9.47 Å². The Hall–Kier alpha value is -3.74. The molecule has 0 bridgehead atoms. The van der Waals surface area contributed by atoms with Crippen molar-refractivity contribution in [3.05, 3.63) is 81.5 Å². The predicted molar refractivity (Wildman–Crippen MR) is 96.6 cm³/mol. The molecule has 1 aliphatic heterocycles. The highest BCUT2D eigenvalue weighted by atomic mass is 16.6. The Kier molecular flexibility index (Phi) is 4.89. The maximum Gasteiger partial charge on any atom is 0.363 e. The Morgan fingerprint density at radius 3 is 2.73 bits per heavy atom. The van der Waals surface area contributed by atoms with E-state index in [1.165, 1.54) is 24.3 Å². The van der Waals surface area contributed by atoms with E-state index in [-0.39, 0.29) is 17.3 Å². The maximum atomic E-state index is 11.9. The minimum atomic E-state index is -0.615. The van der Waals surface area contributed by atoms with E-state index in [9.17, 15) is 14.9 Å². The Morgan fingerprint density at radius 2 is 1.96 bits per heavy atom. The van der Waals surface area contributed by atoms with Gasteiger partial charge in [0.1, 0.15) is 5.75 Å². The van der Waals surface area contributed by atoms with E-state index < -0.39 is 10.9 Å². The van der Waals surface area contributed by atoms with Crippen molar-refractivity contribution < 1.29 is 19.2 Å². The van der Waals surface area contributed by atoms with Crippen LogP contribution in [-0.4, -0.2) is 23.9 Å². The largest absolute Gasteiger partial charge is 0.496 e. The fourth-order valence-electron chi connectivity index (χ4n) is 2.35. The fraction of sp³-hybridized carbons (Fsp3) is 0.0526. The molecule has 0 saturated carbocycles. The van der Waals surface area contributed by atoms with Gasteiger partial charge in [-0.2, -0.15) is 0 Å². The first-order valence-corrected chi connectivity index (χ1v) is 7.65. The van der Waals surface area contributed by atoms with Crippen molar-refractivity contribution in [3.63, 3.8) is 0 Å². The van der Waals surface area contributed by atoms with Crippen LogP contribution in [0.1, 0.15) is 11.1 Å². The number of nitrogens with zero attached hydrogens (tertiary/aromatic N) is 2.